The Bertz CT molecular complexity index is 915. The number of fused-ring (bicyclic) bond motifs is 1. The predicted octanol–water partition coefficient (Wildman–Crippen LogP) is 4.60. The molecule has 4 rings (SSSR count). The third-order valence-corrected chi connectivity index (χ3v) is 5.17. The van der Waals surface area contributed by atoms with Gasteiger partial charge in [0.1, 0.15) is 0 Å². The van der Waals surface area contributed by atoms with Crippen LogP contribution in [0.25, 0.3) is 11.1 Å². The second-order valence-corrected chi connectivity index (χ2v) is 6.63. The van der Waals surface area contributed by atoms with Crippen molar-refractivity contribution in [1.82, 2.24) is 9.47 Å². The van der Waals surface area contributed by atoms with E-state index in [9.17, 15) is 5.26 Å². The molecule has 124 valence electrons. The van der Waals surface area contributed by atoms with Gasteiger partial charge < -0.3 is 4.57 Å². The summed E-state index contributed by atoms with van der Waals surface area (Å²) >= 11 is 0. The molecule has 3 aromatic rings. The summed E-state index contributed by atoms with van der Waals surface area (Å²) in [6, 6.07) is 23.5. The molecule has 3 heteroatoms. The zero-order valence-electron chi connectivity index (χ0n) is 14.4. The standard InChI is InChI=1S/C22H21N3/c1-17-22-7-4-12-24(22)13-14-25(17)16-18-8-10-19(11-9-18)21-6-3-2-5-20(21)15-23/h2-12,17H,13-14,16H2,1H3/t17-/m1/s1. The lowest BCUT2D eigenvalue weighted by Crippen LogP contribution is -2.35. The van der Waals surface area contributed by atoms with Gasteiger partial charge >= 0.3 is 0 Å². The zero-order chi connectivity index (χ0) is 17.2. The first-order chi connectivity index (χ1) is 12.3. The molecule has 2 aromatic carbocycles. The summed E-state index contributed by atoms with van der Waals surface area (Å²) in [6.45, 7) is 5.36. The summed E-state index contributed by atoms with van der Waals surface area (Å²) in [6.07, 6.45) is 2.17. The highest BCUT2D eigenvalue weighted by molar-refractivity contribution is 5.70. The van der Waals surface area contributed by atoms with Gasteiger partial charge in [-0.1, -0.05) is 42.5 Å². The number of nitrogens with zero attached hydrogens (tertiary/aromatic N) is 3. The van der Waals surface area contributed by atoms with E-state index in [4.69, 9.17) is 0 Å². The largest absolute Gasteiger partial charge is 0.349 e. The van der Waals surface area contributed by atoms with Crippen molar-refractivity contribution in [2.75, 3.05) is 6.54 Å². The second-order valence-electron chi connectivity index (χ2n) is 6.63. The van der Waals surface area contributed by atoms with E-state index >= 15 is 0 Å². The second kappa shape index (κ2) is 6.58. The molecule has 1 aliphatic rings. The maximum Gasteiger partial charge on any atom is 0.0998 e. The molecule has 0 N–H and O–H groups in total. The summed E-state index contributed by atoms with van der Waals surface area (Å²) in [5, 5.41) is 9.28. The predicted molar refractivity (Wildman–Crippen MR) is 99.9 cm³/mol. The minimum atomic E-state index is 0.433. The molecular weight excluding hydrogens is 306 g/mol. The van der Waals surface area contributed by atoms with Crippen LogP contribution in [0.5, 0.6) is 0 Å². The summed E-state index contributed by atoms with van der Waals surface area (Å²) in [4.78, 5) is 2.52. The number of aromatic nitrogens is 1. The first-order valence-corrected chi connectivity index (χ1v) is 8.74. The molecule has 1 atom stereocenters. The minimum Gasteiger partial charge on any atom is -0.349 e. The summed E-state index contributed by atoms with van der Waals surface area (Å²) in [5.41, 5.74) is 5.53. The molecule has 0 aliphatic carbocycles. The Morgan fingerprint density at radius 1 is 1.00 bits per heavy atom. The molecule has 1 aliphatic heterocycles. The number of benzene rings is 2. The van der Waals surface area contributed by atoms with E-state index in [2.05, 4.69) is 65.1 Å². The highest BCUT2D eigenvalue weighted by Gasteiger charge is 2.23. The van der Waals surface area contributed by atoms with Crippen molar-refractivity contribution < 1.29 is 0 Å². The van der Waals surface area contributed by atoms with Gasteiger partial charge in [-0.05, 0) is 41.8 Å². The number of nitriles is 1. The Kier molecular flexibility index (Phi) is 4.13. The summed E-state index contributed by atoms with van der Waals surface area (Å²) < 4.78 is 2.35. The monoisotopic (exact) mass is 327 g/mol. The fourth-order valence-corrected chi connectivity index (χ4v) is 3.70. The van der Waals surface area contributed by atoms with Crippen molar-refractivity contribution in [3.63, 3.8) is 0 Å². The van der Waals surface area contributed by atoms with Crippen molar-refractivity contribution in [3.05, 3.63) is 83.7 Å². The number of hydrogen-bond donors (Lipinski definition) is 0. The van der Waals surface area contributed by atoms with Crippen LogP contribution in [0.3, 0.4) is 0 Å². The summed E-state index contributed by atoms with van der Waals surface area (Å²) in [7, 11) is 0. The zero-order valence-corrected chi connectivity index (χ0v) is 14.4. The van der Waals surface area contributed by atoms with Crippen LogP contribution in [0.15, 0.2) is 66.9 Å². The van der Waals surface area contributed by atoms with Crippen LogP contribution in [0, 0.1) is 11.3 Å². The fourth-order valence-electron chi connectivity index (χ4n) is 3.70. The van der Waals surface area contributed by atoms with E-state index in [1.165, 1.54) is 11.3 Å². The molecule has 0 spiro atoms. The average molecular weight is 327 g/mol. The Hall–Kier alpha value is -2.83. The lowest BCUT2D eigenvalue weighted by molar-refractivity contribution is 0.161. The fraction of sp³-hybridized carbons (Fsp3) is 0.227. The molecule has 0 fully saturated rings. The van der Waals surface area contributed by atoms with Crippen LogP contribution >= 0.6 is 0 Å². The van der Waals surface area contributed by atoms with Crippen molar-refractivity contribution in [2.24, 2.45) is 0 Å². The first-order valence-electron chi connectivity index (χ1n) is 8.74. The van der Waals surface area contributed by atoms with E-state index in [0.717, 1.165) is 36.3 Å². The average Bonchev–Trinajstić information content (AvgIpc) is 3.14. The van der Waals surface area contributed by atoms with Crippen LogP contribution in [-0.4, -0.2) is 16.0 Å². The molecule has 0 saturated heterocycles. The number of rotatable bonds is 3. The molecule has 3 nitrogen and oxygen atoms in total. The maximum atomic E-state index is 9.28. The van der Waals surface area contributed by atoms with Crippen molar-refractivity contribution in [1.29, 1.82) is 5.26 Å². The number of hydrogen-bond acceptors (Lipinski definition) is 2. The Labute approximate surface area is 148 Å². The van der Waals surface area contributed by atoms with Crippen LogP contribution in [0.1, 0.15) is 29.8 Å². The molecule has 25 heavy (non-hydrogen) atoms. The van der Waals surface area contributed by atoms with E-state index in [1.807, 2.05) is 24.3 Å². The van der Waals surface area contributed by atoms with Crippen molar-refractivity contribution in [2.45, 2.75) is 26.1 Å². The lowest BCUT2D eigenvalue weighted by Gasteiger charge is -2.35. The van der Waals surface area contributed by atoms with E-state index in [0.29, 0.717) is 6.04 Å². The van der Waals surface area contributed by atoms with Gasteiger partial charge in [-0.25, -0.2) is 0 Å². The van der Waals surface area contributed by atoms with Gasteiger partial charge in [0.25, 0.3) is 0 Å². The SMILES string of the molecule is C[C@@H]1c2cccn2CCN1Cc1ccc(-c2ccccc2C#N)cc1. The maximum absolute atomic E-state index is 9.28. The van der Waals surface area contributed by atoms with Gasteiger partial charge in [-0.15, -0.1) is 0 Å². The molecule has 0 amide bonds. The van der Waals surface area contributed by atoms with Gasteiger partial charge in [0.15, 0.2) is 0 Å². The summed E-state index contributed by atoms with van der Waals surface area (Å²) in [5.74, 6) is 0. The van der Waals surface area contributed by atoms with E-state index < -0.39 is 0 Å². The molecular formula is C22H21N3. The van der Waals surface area contributed by atoms with Gasteiger partial charge in [0, 0.05) is 37.6 Å². The van der Waals surface area contributed by atoms with Gasteiger partial charge in [-0.2, -0.15) is 5.26 Å². The smallest absolute Gasteiger partial charge is 0.0998 e. The molecule has 2 heterocycles. The Balaban J connectivity index is 1.53. The molecule has 0 radical (unpaired) electrons. The normalized spacial score (nSPS) is 17.0. The van der Waals surface area contributed by atoms with Crippen molar-refractivity contribution in [3.8, 4) is 17.2 Å². The van der Waals surface area contributed by atoms with Crippen LogP contribution < -0.4 is 0 Å². The molecule has 1 aromatic heterocycles. The Morgan fingerprint density at radius 2 is 1.80 bits per heavy atom. The highest BCUT2D eigenvalue weighted by atomic mass is 15.2. The lowest BCUT2D eigenvalue weighted by atomic mass is 9.99. The topological polar surface area (TPSA) is 32.0 Å². The van der Waals surface area contributed by atoms with Crippen LogP contribution in [-0.2, 0) is 13.1 Å². The molecule has 0 saturated carbocycles. The minimum absolute atomic E-state index is 0.433. The van der Waals surface area contributed by atoms with Crippen molar-refractivity contribution >= 4 is 0 Å². The highest BCUT2D eigenvalue weighted by Crippen LogP contribution is 2.28. The van der Waals surface area contributed by atoms with Gasteiger partial charge in [0.2, 0.25) is 0 Å². The Morgan fingerprint density at radius 3 is 2.60 bits per heavy atom. The molecule has 0 unspecified atom stereocenters. The van der Waals surface area contributed by atoms with Gasteiger partial charge in [-0.3, -0.25) is 4.90 Å². The third-order valence-electron chi connectivity index (χ3n) is 5.17. The van der Waals surface area contributed by atoms with E-state index in [1.54, 1.807) is 0 Å². The van der Waals surface area contributed by atoms with Gasteiger partial charge in [0.05, 0.1) is 11.6 Å². The van der Waals surface area contributed by atoms with Crippen LogP contribution in [0.2, 0.25) is 0 Å². The quantitative estimate of drug-likeness (QED) is 0.704. The molecule has 0 bridgehead atoms. The van der Waals surface area contributed by atoms with Crippen LogP contribution in [0.4, 0.5) is 0 Å². The first kappa shape index (κ1) is 15.7. The van der Waals surface area contributed by atoms with E-state index in [-0.39, 0.29) is 0 Å². The third kappa shape index (κ3) is 2.97.